The Bertz CT molecular complexity index is 879. The third-order valence-electron chi connectivity index (χ3n) is 4.31. The smallest absolute Gasteiger partial charge is 0.260 e. The summed E-state index contributed by atoms with van der Waals surface area (Å²) >= 11 is 0. The van der Waals surface area contributed by atoms with Crippen molar-refractivity contribution in [2.24, 2.45) is 0 Å². The topological polar surface area (TPSA) is 42.4 Å². The van der Waals surface area contributed by atoms with E-state index < -0.39 is 0 Å². The number of carbonyl (C=O) groups is 1. The van der Waals surface area contributed by atoms with E-state index in [9.17, 15) is 4.79 Å². The number of fused-ring (bicyclic) bond motifs is 1. The van der Waals surface area contributed by atoms with Crippen LogP contribution in [0.25, 0.3) is 0 Å². The van der Waals surface area contributed by atoms with Gasteiger partial charge in [-0.2, -0.15) is 0 Å². The van der Waals surface area contributed by atoms with Crippen LogP contribution >= 0.6 is 0 Å². The van der Waals surface area contributed by atoms with Crippen LogP contribution in [0, 0.1) is 0 Å². The summed E-state index contributed by atoms with van der Waals surface area (Å²) in [5.41, 5.74) is 3.45. The lowest BCUT2D eigenvalue weighted by Gasteiger charge is -2.28. The molecule has 4 rings (SSSR count). The highest BCUT2D eigenvalue weighted by atomic mass is 16.5. The first-order valence-electron chi connectivity index (χ1n) is 8.34. The van der Waals surface area contributed by atoms with E-state index in [0.717, 1.165) is 23.4 Å². The maximum absolute atomic E-state index is 12.9. The third kappa shape index (κ3) is 3.24. The molecule has 4 heteroatoms. The normalized spacial score (nSPS) is 13.4. The number of rotatable bonds is 4. The number of para-hydroxylation sites is 1. The summed E-state index contributed by atoms with van der Waals surface area (Å²) in [5.74, 6) is 0.593. The van der Waals surface area contributed by atoms with Crippen LogP contribution in [0.15, 0.2) is 72.9 Å². The molecule has 0 saturated carbocycles. The first kappa shape index (κ1) is 15.4. The number of benzene rings is 2. The number of aromatic nitrogens is 1. The van der Waals surface area contributed by atoms with E-state index in [1.54, 1.807) is 11.1 Å². The minimum absolute atomic E-state index is 0.0230. The van der Waals surface area contributed by atoms with Crippen LogP contribution in [-0.2, 0) is 13.0 Å². The first-order chi connectivity index (χ1) is 12.3. The number of nitrogens with zero attached hydrogens (tertiary/aromatic N) is 2. The summed E-state index contributed by atoms with van der Waals surface area (Å²) in [7, 11) is 0. The van der Waals surface area contributed by atoms with Gasteiger partial charge in [0.1, 0.15) is 12.4 Å². The summed E-state index contributed by atoms with van der Waals surface area (Å²) in [4.78, 5) is 19.1. The van der Waals surface area contributed by atoms with Gasteiger partial charge in [0, 0.05) is 18.7 Å². The predicted molar refractivity (Wildman–Crippen MR) is 96.8 cm³/mol. The number of hydrogen-bond donors (Lipinski definition) is 0. The molecule has 3 aromatic rings. The molecule has 2 heterocycles. The van der Waals surface area contributed by atoms with Crippen LogP contribution in [0.3, 0.4) is 0 Å². The van der Waals surface area contributed by atoms with Gasteiger partial charge in [-0.25, -0.2) is 0 Å². The lowest BCUT2D eigenvalue weighted by atomic mass is 10.0. The molecule has 25 heavy (non-hydrogen) atoms. The Balaban J connectivity index is 1.55. The highest BCUT2D eigenvalue weighted by Crippen LogP contribution is 2.26. The molecule has 1 aromatic heterocycles. The molecule has 0 spiro atoms. The van der Waals surface area contributed by atoms with E-state index in [0.29, 0.717) is 24.5 Å². The highest BCUT2D eigenvalue weighted by Gasteiger charge is 2.26. The average molecular weight is 330 g/mol. The van der Waals surface area contributed by atoms with Crippen LogP contribution in [0.4, 0.5) is 5.69 Å². The van der Waals surface area contributed by atoms with E-state index in [1.807, 2.05) is 66.7 Å². The van der Waals surface area contributed by atoms with Crippen molar-refractivity contribution in [3.63, 3.8) is 0 Å². The number of ether oxygens (including phenoxy) is 1. The average Bonchev–Trinajstić information content (AvgIpc) is 2.68. The first-order valence-corrected chi connectivity index (χ1v) is 8.34. The number of carbonyl (C=O) groups excluding carboxylic acids is 1. The fraction of sp³-hybridized carbons (Fsp3) is 0.143. The van der Waals surface area contributed by atoms with E-state index in [1.165, 1.54) is 0 Å². The summed E-state index contributed by atoms with van der Waals surface area (Å²) in [6.45, 7) is 1.10. The van der Waals surface area contributed by atoms with Crippen molar-refractivity contribution in [3.05, 3.63) is 89.7 Å². The van der Waals surface area contributed by atoms with Crippen molar-refractivity contribution in [3.8, 4) is 5.75 Å². The molecule has 0 unspecified atom stereocenters. The van der Waals surface area contributed by atoms with Crippen molar-refractivity contribution in [1.29, 1.82) is 0 Å². The van der Waals surface area contributed by atoms with Crippen LogP contribution in [-0.4, -0.2) is 17.4 Å². The fourth-order valence-corrected chi connectivity index (χ4v) is 3.00. The predicted octanol–water partition coefficient (Wildman–Crippen LogP) is 3.86. The van der Waals surface area contributed by atoms with E-state index >= 15 is 0 Å². The second-order valence-corrected chi connectivity index (χ2v) is 5.98. The van der Waals surface area contributed by atoms with Crippen molar-refractivity contribution < 1.29 is 9.53 Å². The molecule has 0 N–H and O–H groups in total. The summed E-state index contributed by atoms with van der Waals surface area (Å²) in [5, 5.41) is 0. The second-order valence-electron chi connectivity index (χ2n) is 5.98. The lowest BCUT2D eigenvalue weighted by Crippen LogP contribution is -2.38. The van der Waals surface area contributed by atoms with Crippen molar-refractivity contribution in [2.75, 3.05) is 11.4 Å². The molecule has 0 atom stereocenters. The molecule has 124 valence electrons. The second kappa shape index (κ2) is 6.77. The summed E-state index contributed by atoms with van der Waals surface area (Å²) in [6, 6.07) is 21.5. The monoisotopic (exact) mass is 330 g/mol. The standard InChI is InChI=1S/C21H18N2O2/c24-21-19-13-18(25-15-16-7-3-1-4-8-16)14-22-20(19)11-12-23(21)17-9-5-2-6-10-17/h1-10,13-14H,11-12,15H2. The van der Waals surface area contributed by atoms with E-state index in [2.05, 4.69) is 4.98 Å². The Morgan fingerprint density at radius 3 is 2.48 bits per heavy atom. The molecule has 0 aliphatic carbocycles. The molecule has 0 radical (unpaired) electrons. The van der Waals surface area contributed by atoms with Gasteiger partial charge in [0.25, 0.3) is 5.91 Å². The third-order valence-corrected chi connectivity index (χ3v) is 4.31. The molecule has 1 aliphatic heterocycles. The highest BCUT2D eigenvalue weighted by molar-refractivity contribution is 6.08. The number of hydrogen-bond acceptors (Lipinski definition) is 3. The maximum Gasteiger partial charge on any atom is 0.260 e. The quantitative estimate of drug-likeness (QED) is 0.729. The zero-order valence-electron chi connectivity index (χ0n) is 13.8. The molecule has 4 nitrogen and oxygen atoms in total. The number of pyridine rings is 1. The van der Waals surface area contributed by atoms with Crippen LogP contribution in [0.1, 0.15) is 21.6 Å². The molecular weight excluding hydrogens is 312 g/mol. The molecule has 2 aromatic carbocycles. The Hall–Kier alpha value is -3.14. The Morgan fingerprint density at radius 2 is 1.72 bits per heavy atom. The number of amides is 1. The van der Waals surface area contributed by atoms with Gasteiger partial charge in [0.15, 0.2) is 0 Å². The van der Waals surface area contributed by atoms with Gasteiger partial charge in [0.2, 0.25) is 0 Å². The van der Waals surface area contributed by atoms with E-state index in [-0.39, 0.29) is 5.91 Å². The number of anilines is 1. The molecule has 0 fully saturated rings. The van der Waals surface area contributed by atoms with E-state index in [4.69, 9.17) is 4.74 Å². The Morgan fingerprint density at radius 1 is 1.00 bits per heavy atom. The maximum atomic E-state index is 12.9. The van der Waals surface area contributed by atoms with Gasteiger partial charge in [-0.05, 0) is 23.8 Å². The lowest BCUT2D eigenvalue weighted by molar-refractivity contribution is 0.0979. The minimum Gasteiger partial charge on any atom is -0.487 e. The van der Waals surface area contributed by atoms with Gasteiger partial charge >= 0.3 is 0 Å². The van der Waals surface area contributed by atoms with Crippen molar-refractivity contribution in [1.82, 2.24) is 4.98 Å². The van der Waals surface area contributed by atoms with Gasteiger partial charge in [-0.1, -0.05) is 48.5 Å². The zero-order chi connectivity index (χ0) is 17.1. The molecular formula is C21H18N2O2. The Kier molecular flexibility index (Phi) is 4.17. The van der Waals surface area contributed by atoms with Crippen LogP contribution in [0.2, 0.25) is 0 Å². The largest absolute Gasteiger partial charge is 0.487 e. The van der Waals surface area contributed by atoms with Crippen molar-refractivity contribution >= 4 is 11.6 Å². The van der Waals surface area contributed by atoms with Crippen molar-refractivity contribution in [2.45, 2.75) is 13.0 Å². The minimum atomic E-state index is -0.0230. The summed E-state index contributed by atoms with van der Waals surface area (Å²) < 4.78 is 5.81. The summed E-state index contributed by atoms with van der Waals surface area (Å²) in [6.07, 6.45) is 2.45. The zero-order valence-corrected chi connectivity index (χ0v) is 13.8. The van der Waals surface area contributed by atoms with Gasteiger partial charge < -0.3 is 9.64 Å². The van der Waals surface area contributed by atoms with Gasteiger partial charge in [-0.15, -0.1) is 0 Å². The SMILES string of the molecule is O=C1c2cc(OCc3ccccc3)cnc2CCN1c1ccccc1. The molecule has 1 aliphatic rings. The van der Waals surface area contributed by atoms with Crippen LogP contribution < -0.4 is 9.64 Å². The Labute approximate surface area is 146 Å². The fourth-order valence-electron chi connectivity index (χ4n) is 3.00. The molecule has 0 saturated heterocycles. The van der Waals surface area contributed by atoms with Crippen LogP contribution in [0.5, 0.6) is 5.75 Å². The molecule has 0 bridgehead atoms. The van der Waals surface area contributed by atoms with Gasteiger partial charge in [-0.3, -0.25) is 9.78 Å². The molecule has 1 amide bonds. The van der Waals surface area contributed by atoms with Gasteiger partial charge in [0.05, 0.1) is 17.5 Å².